The first-order chi connectivity index (χ1) is 8.66. The molecular formula is C12H13FN2O3. The minimum absolute atomic E-state index is 0.157. The fraction of sp³-hybridized carbons (Fsp3) is 0.333. The summed E-state index contributed by atoms with van der Waals surface area (Å²) in [5.74, 6) is -1.28. The Morgan fingerprint density at radius 2 is 2.28 bits per heavy atom. The molecule has 0 atom stereocenters. The van der Waals surface area contributed by atoms with Crippen molar-refractivity contribution in [2.24, 2.45) is 0 Å². The van der Waals surface area contributed by atoms with Crippen molar-refractivity contribution in [1.29, 1.82) is 0 Å². The zero-order valence-electron chi connectivity index (χ0n) is 9.69. The van der Waals surface area contributed by atoms with Gasteiger partial charge in [0.15, 0.2) is 0 Å². The van der Waals surface area contributed by atoms with Crippen molar-refractivity contribution >= 4 is 11.8 Å². The highest BCUT2D eigenvalue weighted by atomic mass is 19.1. The largest absolute Gasteiger partial charge is 0.343 e. The number of nitrogens with one attached hydrogen (secondary N) is 1. The molecule has 1 aromatic rings. The van der Waals surface area contributed by atoms with Gasteiger partial charge in [0.1, 0.15) is 5.82 Å². The second kappa shape index (κ2) is 5.59. The molecule has 2 rings (SSSR count). The molecule has 1 saturated heterocycles. The second-order valence-corrected chi connectivity index (χ2v) is 3.88. The van der Waals surface area contributed by atoms with E-state index in [4.69, 9.17) is 4.84 Å². The summed E-state index contributed by atoms with van der Waals surface area (Å²) >= 11 is 0. The third-order valence-electron chi connectivity index (χ3n) is 2.52. The number of hydrogen-bond donors (Lipinski definition) is 1. The lowest BCUT2D eigenvalue weighted by Gasteiger charge is -2.14. The highest BCUT2D eigenvalue weighted by molar-refractivity contribution is 5.96. The van der Waals surface area contributed by atoms with Gasteiger partial charge in [0.25, 0.3) is 11.8 Å². The third-order valence-corrected chi connectivity index (χ3v) is 2.52. The van der Waals surface area contributed by atoms with Crippen molar-refractivity contribution in [2.75, 3.05) is 19.7 Å². The molecular weight excluding hydrogens is 239 g/mol. The first-order valence-electron chi connectivity index (χ1n) is 5.64. The minimum Gasteiger partial charge on any atom is -0.343 e. The van der Waals surface area contributed by atoms with Gasteiger partial charge in [-0.3, -0.25) is 14.4 Å². The van der Waals surface area contributed by atoms with Crippen molar-refractivity contribution in [3.63, 3.8) is 0 Å². The molecule has 1 N–H and O–H groups in total. The van der Waals surface area contributed by atoms with Crippen LogP contribution in [0, 0.1) is 5.82 Å². The molecule has 1 aliphatic rings. The number of hydrogen-bond acceptors (Lipinski definition) is 3. The molecule has 1 fully saturated rings. The van der Waals surface area contributed by atoms with Crippen LogP contribution in [0.4, 0.5) is 4.39 Å². The molecule has 96 valence electrons. The Balaban J connectivity index is 1.86. The van der Waals surface area contributed by atoms with E-state index in [0.717, 1.165) is 12.5 Å². The molecule has 0 aromatic heterocycles. The molecule has 18 heavy (non-hydrogen) atoms. The fourth-order valence-electron chi connectivity index (χ4n) is 1.62. The zero-order valence-corrected chi connectivity index (χ0v) is 9.69. The predicted molar refractivity (Wildman–Crippen MR) is 61.0 cm³/mol. The predicted octanol–water partition coefficient (Wildman–Crippen LogP) is 0.719. The molecule has 1 heterocycles. The average Bonchev–Trinajstić information content (AvgIpc) is 2.89. The topological polar surface area (TPSA) is 58.6 Å². The van der Waals surface area contributed by atoms with Crippen LogP contribution in [0.15, 0.2) is 24.3 Å². The fourth-order valence-corrected chi connectivity index (χ4v) is 1.62. The maximum atomic E-state index is 12.9. The summed E-state index contributed by atoms with van der Waals surface area (Å²) in [6.07, 6.45) is 0.795. The summed E-state index contributed by atoms with van der Waals surface area (Å²) in [5.41, 5.74) is 0.185. The van der Waals surface area contributed by atoms with Crippen LogP contribution in [0.25, 0.3) is 0 Å². The molecule has 1 aliphatic heterocycles. The summed E-state index contributed by atoms with van der Waals surface area (Å²) in [4.78, 5) is 28.2. The molecule has 0 spiro atoms. The van der Waals surface area contributed by atoms with Gasteiger partial charge in [-0.2, -0.15) is 0 Å². The van der Waals surface area contributed by atoms with Crippen molar-refractivity contribution < 1.29 is 18.8 Å². The van der Waals surface area contributed by atoms with E-state index in [1.54, 1.807) is 0 Å². The number of benzene rings is 1. The van der Waals surface area contributed by atoms with E-state index in [9.17, 15) is 14.0 Å². The maximum Gasteiger partial charge on any atom is 0.265 e. The van der Waals surface area contributed by atoms with E-state index in [1.807, 2.05) is 0 Å². The highest BCUT2D eigenvalue weighted by Gasteiger charge is 2.19. The van der Waals surface area contributed by atoms with Crippen molar-refractivity contribution in [2.45, 2.75) is 6.42 Å². The Bertz CT molecular complexity index is 458. The molecule has 5 nitrogen and oxygen atoms in total. The molecule has 6 heteroatoms. The van der Waals surface area contributed by atoms with Gasteiger partial charge in [0.2, 0.25) is 0 Å². The monoisotopic (exact) mass is 252 g/mol. The van der Waals surface area contributed by atoms with Crippen LogP contribution in [-0.2, 0) is 9.63 Å². The first-order valence-corrected chi connectivity index (χ1v) is 5.64. The van der Waals surface area contributed by atoms with Gasteiger partial charge in [0, 0.05) is 5.56 Å². The number of carbonyl (C=O) groups is 2. The van der Waals surface area contributed by atoms with Gasteiger partial charge in [0.05, 0.1) is 19.7 Å². The summed E-state index contributed by atoms with van der Waals surface area (Å²) in [5, 5.41) is 3.65. The Morgan fingerprint density at radius 3 is 2.94 bits per heavy atom. The van der Waals surface area contributed by atoms with Crippen LogP contribution in [0.2, 0.25) is 0 Å². The van der Waals surface area contributed by atoms with Gasteiger partial charge in [-0.15, -0.1) is 0 Å². The quantitative estimate of drug-likeness (QED) is 0.862. The molecule has 0 aliphatic carbocycles. The second-order valence-electron chi connectivity index (χ2n) is 3.88. The summed E-state index contributed by atoms with van der Waals surface area (Å²) in [7, 11) is 0. The van der Waals surface area contributed by atoms with Crippen LogP contribution in [0.3, 0.4) is 0 Å². The highest BCUT2D eigenvalue weighted by Crippen LogP contribution is 2.05. The molecule has 0 saturated carbocycles. The number of hydroxylamine groups is 2. The molecule has 2 amide bonds. The summed E-state index contributed by atoms with van der Waals surface area (Å²) in [6.45, 7) is 0.896. The smallest absolute Gasteiger partial charge is 0.265 e. The normalized spacial score (nSPS) is 14.6. The van der Waals surface area contributed by atoms with E-state index in [2.05, 4.69) is 5.32 Å². The van der Waals surface area contributed by atoms with E-state index >= 15 is 0 Å². The third kappa shape index (κ3) is 3.04. The Morgan fingerprint density at radius 1 is 1.44 bits per heavy atom. The Kier molecular flexibility index (Phi) is 3.88. The molecule has 0 unspecified atom stereocenters. The molecule has 1 aromatic carbocycles. The lowest BCUT2D eigenvalue weighted by molar-refractivity contribution is -0.167. The van der Waals surface area contributed by atoms with Crippen molar-refractivity contribution in [3.05, 3.63) is 35.6 Å². The Labute approximate surface area is 103 Å². The van der Waals surface area contributed by atoms with Crippen molar-refractivity contribution in [3.8, 4) is 0 Å². The maximum absolute atomic E-state index is 12.9. The van der Waals surface area contributed by atoms with Gasteiger partial charge < -0.3 is 5.32 Å². The van der Waals surface area contributed by atoms with Crippen LogP contribution < -0.4 is 5.32 Å². The lowest BCUT2D eigenvalue weighted by atomic mass is 10.2. The number of carbonyl (C=O) groups excluding carboxylic acids is 2. The summed E-state index contributed by atoms with van der Waals surface area (Å²) < 4.78 is 12.9. The summed E-state index contributed by atoms with van der Waals surface area (Å²) in [6, 6.07) is 5.29. The van der Waals surface area contributed by atoms with Crippen LogP contribution >= 0.6 is 0 Å². The minimum atomic E-state index is -0.489. The number of nitrogens with zero attached hydrogens (tertiary/aromatic N) is 1. The van der Waals surface area contributed by atoms with Gasteiger partial charge in [-0.05, 0) is 24.6 Å². The van der Waals surface area contributed by atoms with E-state index in [0.29, 0.717) is 13.2 Å². The van der Waals surface area contributed by atoms with Crippen LogP contribution in [0.1, 0.15) is 16.8 Å². The van der Waals surface area contributed by atoms with Gasteiger partial charge in [-0.1, -0.05) is 6.07 Å². The SMILES string of the molecule is O=C(NCC(=O)N1CCCO1)c1cccc(F)c1. The molecule has 0 radical (unpaired) electrons. The average molecular weight is 252 g/mol. The molecule has 0 bridgehead atoms. The number of amides is 2. The van der Waals surface area contributed by atoms with Gasteiger partial charge >= 0.3 is 0 Å². The van der Waals surface area contributed by atoms with E-state index in [1.165, 1.54) is 23.3 Å². The van der Waals surface area contributed by atoms with Crippen molar-refractivity contribution in [1.82, 2.24) is 10.4 Å². The standard InChI is InChI=1S/C12H13FN2O3/c13-10-4-1-3-9(7-10)12(17)14-8-11(16)15-5-2-6-18-15/h1,3-4,7H,2,5-6,8H2,(H,14,17). The number of rotatable bonds is 3. The first kappa shape index (κ1) is 12.5. The van der Waals surface area contributed by atoms with Crippen LogP contribution in [-0.4, -0.2) is 36.6 Å². The van der Waals surface area contributed by atoms with Gasteiger partial charge in [-0.25, -0.2) is 9.45 Å². The lowest BCUT2D eigenvalue weighted by Crippen LogP contribution is -2.38. The van der Waals surface area contributed by atoms with E-state index in [-0.39, 0.29) is 18.0 Å². The van der Waals surface area contributed by atoms with E-state index < -0.39 is 11.7 Å². The zero-order chi connectivity index (χ0) is 13.0. The van der Waals surface area contributed by atoms with Crippen LogP contribution in [0.5, 0.6) is 0 Å². The Hall–Kier alpha value is -1.95. The number of halogens is 1.